The average Bonchev–Trinajstić information content (AvgIpc) is 3.45. The van der Waals surface area contributed by atoms with Crippen LogP contribution in [-0.4, -0.2) is 56.8 Å². The molecule has 0 unspecified atom stereocenters. The lowest BCUT2D eigenvalue weighted by Gasteiger charge is -2.34. The fourth-order valence-corrected chi connectivity index (χ4v) is 5.70. The topological polar surface area (TPSA) is 105 Å². The third-order valence-electron chi connectivity index (χ3n) is 7.05. The van der Waals surface area contributed by atoms with E-state index in [1.165, 1.54) is 11.8 Å². The second kappa shape index (κ2) is 13.5. The summed E-state index contributed by atoms with van der Waals surface area (Å²) in [4.78, 5) is 29.3. The van der Waals surface area contributed by atoms with Gasteiger partial charge < -0.3 is 19.7 Å². The first kappa shape index (κ1) is 29.9. The van der Waals surface area contributed by atoms with Crippen LogP contribution in [0.4, 0.5) is 5.69 Å². The number of rotatable bonds is 13. The van der Waals surface area contributed by atoms with Crippen molar-refractivity contribution in [2.75, 3.05) is 29.9 Å². The summed E-state index contributed by atoms with van der Waals surface area (Å²) in [6.45, 7) is 5.60. The molecule has 0 radical (unpaired) electrons. The Morgan fingerprint density at radius 3 is 2.37 bits per heavy atom. The van der Waals surface area contributed by atoms with Gasteiger partial charge in [0.25, 0.3) is 0 Å². The highest BCUT2D eigenvalue weighted by atomic mass is 32.2. The molecular formula is C31H37N3O6S. The molecule has 0 spiro atoms. The van der Waals surface area contributed by atoms with E-state index in [-0.39, 0.29) is 37.1 Å². The molecule has 218 valence electrons. The molecule has 3 aromatic carbocycles. The van der Waals surface area contributed by atoms with E-state index in [1.54, 1.807) is 18.2 Å². The first-order chi connectivity index (χ1) is 19.7. The smallest absolute Gasteiger partial charge is 0.244 e. The maximum Gasteiger partial charge on any atom is 0.244 e. The molecule has 0 saturated heterocycles. The highest BCUT2D eigenvalue weighted by Crippen LogP contribution is 2.36. The summed E-state index contributed by atoms with van der Waals surface area (Å²) >= 11 is 0. The molecule has 2 amide bonds. The minimum absolute atomic E-state index is 0.0382. The van der Waals surface area contributed by atoms with Crippen molar-refractivity contribution in [1.29, 1.82) is 0 Å². The summed E-state index contributed by atoms with van der Waals surface area (Å²) in [5.74, 6) is -0.0765. The molecule has 0 aromatic heterocycles. The highest BCUT2D eigenvalue weighted by Gasteiger charge is 2.34. The van der Waals surface area contributed by atoms with Crippen molar-refractivity contribution in [2.24, 2.45) is 0 Å². The third kappa shape index (κ3) is 7.38. The molecule has 3 aromatic rings. The predicted octanol–water partition coefficient (Wildman–Crippen LogP) is 4.05. The lowest BCUT2D eigenvalue weighted by atomic mass is 10.0. The van der Waals surface area contributed by atoms with Crippen LogP contribution in [0, 0.1) is 6.92 Å². The van der Waals surface area contributed by atoms with E-state index < -0.39 is 28.5 Å². The largest absolute Gasteiger partial charge is 0.454 e. The molecule has 0 saturated carbocycles. The second-order valence-corrected chi connectivity index (χ2v) is 12.1. The zero-order valence-corrected chi connectivity index (χ0v) is 24.5. The number of carbonyl (C=O) groups excluding carboxylic acids is 2. The van der Waals surface area contributed by atoms with Gasteiger partial charge >= 0.3 is 0 Å². The summed E-state index contributed by atoms with van der Waals surface area (Å²) in [7, 11) is -3.87. The van der Waals surface area contributed by atoms with Gasteiger partial charge in [-0.25, -0.2) is 8.42 Å². The number of benzene rings is 3. The third-order valence-corrected chi connectivity index (χ3v) is 8.79. The summed E-state index contributed by atoms with van der Waals surface area (Å²) in [6.07, 6.45) is 1.01. The number of aryl methyl sites for hydroxylation is 1. The van der Waals surface area contributed by atoms with E-state index in [9.17, 15) is 18.0 Å². The molecule has 41 heavy (non-hydrogen) atoms. The Balaban J connectivity index is 1.74. The van der Waals surface area contributed by atoms with Gasteiger partial charge in [0.05, 0.1) is 11.4 Å². The molecular weight excluding hydrogens is 542 g/mol. The minimum atomic E-state index is -3.87. The summed E-state index contributed by atoms with van der Waals surface area (Å²) < 4.78 is 38.6. The lowest BCUT2D eigenvalue weighted by molar-refractivity contribution is -0.140. The van der Waals surface area contributed by atoms with Gasteiger partial charge in [-0.05, 0) is 49.1 Å². The van der Waals surface area contributed by atoms with Crippen LogP contribution in [0.5, 0.6) is 11.5 Å². The molecule has 0 fully saturated rings. The standard InChI is InChI=1S/C31H37N3O6S/c1-4-17-32-31(36)27(18-24-12-7-6-8-13-24)33(20-25-14-10-9-11-23(25)3)30(35)21-34(41(37,38)5-2)26-15-16-28-29(19-26)40-22-39-28/h6-16,19,27H,4-5,17-18,20-22H2,1-3H3,(H,32,36)/t27-/m1/s1. The number of fused-ring (bicyclic) bond motifs is 1. The molecule has 1 aliphatic rings. The fourth-order valence-electron chi connectivity index (χ4n) is 4.65. The maximum absolute atomic E-state index is 14.2. The Hall–Kier alpha value is -4.05. The van der Waals surface area contributed by atoms with Gasteiger partial charge in [0, 0.05) is 25.6 Å². The molecule has 10 heteroatoms. The highest BCUT2D eigenvalue weighted by molar-refractivity contribution is 7.92. The van der Waals surface area contributed by atoms with Gasteiger partial charge in [-0.2, -0.15) is 0 Å². The van der Waals surface area contributed by atoms with Crippen molar-refractivity contribution >= 4 is 27.5 Å². The van der Waals surface area contributed by atoms with Gasteiger partial charge in [-0.3, -0.25) is 13.9 Å². The number of nitrogens with zero attached hydrogens (tertiary/aromatic N) is 2. The summed E-state index contributed by atoms with van der Waals surface area (Å²) in [5, 5.41) is 2.95. The monoisotopic (exact) mass is 579 g/mol. The van der Waals surface area contributed by atoms with Crippen LogP contribution >= 0.6 is 0 Å². The zero-order valence-electron chi connectivity index (χ0n) is 23.7. The van der Waals surface area contributed by atoms with Crippen LogP contribution in [0.1, 0.15) is 37.0 Å². The van der Waals surface area contributed by atoms with E-state index in [2.05, 4.69) is 5.32 Å². The van der Waals surface area contributed by atoms with Crippen LogP contribution in [0.2, 0.25) is 0 Å². The number of sulfonamides is 1. The quantitative estimate of drug-likeness (QED) is 0.328. The molecule has 1 aliphatic heterocycles. The Kier molecular flexibility index (Phi) is 9.88. The van der Waals surface area contributed by atoms with Gasteiger partial charge in [0.15, 0.2) is 11.5 Å². The van der Waals surface area contributed by atoms with E-state index in [0.717, 1.165) is 27.4 Å². The maximum atomic E-state index is 14.2. The Bertz CT molecular complexity index is 1460. The Morgan fingerprint density at radius 2 is 1.66 bits per heavy atom. The number of ether oxygens (including phenoxy) is 2. The van der Waals surface area contributed by atoms with Crippen molar-refractivity contribution in [1.82, 2.24) is 10.2 Å². The second-order valence-electron chi connectivity index (χ2n) is 9.89. The molecule has 4 rings (SSSR count). The lowest BCUT2D eigenvalue weighted by Crippen LogP contribution is -2.53. The van der Waals surface area contributed by atoms with Crippen molar-refractivity contribution in [2.45, 2.75) is 46.2 Å². The summed E-state index contributed by atoms with van der Waals surface area (Å²) in [5.41, 5.74) is 3.01. The van der Waals surface area contributed by atoms with Gasteiger partial charge in [-0.1, -0.05) is 61.5 Å². The minimum Gasteiger partial charge on any atom is -0.454 e. The Labute approximate surface area is 242 Å². The van der Waals surface area contributed by atoms with Crippen molar-refractivity contribution in [3.8, 4) is 11.5 Å². The predicted molar refractivity (Wildman–Crippen MR) is 158 cm³/mol. The van der Waals surface area contributed by atoms with Crippen LogP contribution in [-0.2, 0) is 32.6 Å². The van der Waals surface area contributed by atoms with Gasteiger partial charge in [0.2, 0.25) is 28.6 Å². The van der Waals surface area contributed by atoms with Crippen molar-refractivity contribution in [3.63, 3.8) is 0 Å². The van der Waals surface area contributed by atoms with Crippen LogP contribution in [0.15, 0.2) is 72.8 Å². The fraction of sp³-hybridized carbons (Fsp3) is 0.355. The van der Waals surface area contributed by atoms with E-state index in [4.69, 9.17) is 9.47 Å². The van der Waals surface area contributed by atoms with E-state index in [0.29, 0.717) is 18.0 Å². The number of anilines is 1. The van der Waals surface area contributed by atoms with Crippen LogP contribution in [0.25, 0.3) is 0 Å². The van der Waals surface area contributed by atoms with Crippen LogP contribution in [0.3, 0.4) is 0 Å². The van der Waals surface area contributed by atoms with Crippen molar-refractivity contribution in [3.05, 3.63) is 89.5 Å². The number of nitrogens with one attached hydrogen (secondary N) is 1. The van der Waals surface area contributed by atoms with E-state index >= 15 is 0 Å². The van der Waals surface area contributed by atoms with Gasteiger partial charge in [0.1, 0.15) is 12.6 Å². The van der Waals surface area contributed by atoms with E-state index in [1.807, 2.05) is 68.4 Å². The molecule has 0 aliphatic carbocycles. The SMILES string of the molecule is CCCNC(=O)[C@@H](Cc1ccccc1)N(Cc1ccccc1C)C(=O)CN(c1ccc2c(c1)OCO2)S(=O)(=O)CC. The Morgan fingerprint density at radius 1 is 0.951 bits per heavy atom. The first-order valence-corrected chi connectivity index (χ1v) is 15.4. The average molecular weight is 580 g/mol. The number of carbonyl (C=O) groups is 2. The molecule has 1 atom stereocenters. The molecule has 0 bridgehead atoms. The number of hydrogen-bond acceptors (Lipinski definition) is 6. The molecule has 9 nitrogen and oxygen atoms in total. The van der Waals surface area contributed by atoms with Crippen molar-refractivity contribution < 1.29 is 27.5 Å². The number of amides is 2. The number of hydrogen-bond donors (Lipinski definition) is 1. The van der Waals surface area contributed by atoms with Crippen LogP contribution < -0.4 is 19.1 Å². The van der Waals surface area contributed by atoms with Gasteiger partial charge in [-0.15, -0.1) is 0 Å². The molecule has 1 N–H and O–H groups in total. The normalized spacial score (nSPS) is 13.0. The first-order valence-electron chi connectivity index (χ1n) is 13.8. The zero-order chi connectivity index (χ0) is 29.4. The summed E-state index contributed by atoms with van der Waals surface area (Å²) in [6, 6.07) is 21.1. The molecule has 1 heterocycles.